The van der Waals surface area contributed by atoms with E-state index >= 15 is 0 Å². The molecule has 2 rings (SSSR count). The highest BCUT2D eigenvalue weighted by atomic mass is 16.5. The van der Waals surface area contributed by atoms with Crippen molar-refractivity contribution in [1.82, 2.24) is 29.3 Å². The third kappa shape index (κ3) is 4.64. The summed E-state index contributed by atoms with van der Waals surface area (Å²) >= 11 is 0. The van der Waals surface area contributed by atoms with Crippen molar-refractivity contribution in [2.45, 2.75) is 32.9 Å². The molecule has 0 aliphatic heterocycles. The number of hydrogen-bond acceptors (Lipinski definition) is 7. The molecule has 2 aromatic rings. The predicted octanol–water partition coefficient (Wildman–Crippen LogP) is -1.40. The maximum atomic E-state index is 12.3. The number of amides is 3. The number of urea groups is 1. The van der Waals surface area contributed by atoms with Gasteiger partial charge in [-0.2, -0.15) is 0 Å². The highest BCUT2D eigenvalue weighted by Crippen LogP contribution is 2.05. The molecule has 3 amide bonds. The van der Waals surface area contributed by atoms with Gasteiger partial charge in [0.2, 0.25) is 0 Å². The molecule has 0 aliphatic rings. The highest BCUT2D eigenvalue weighted by Gasteiger charge is 2.18. The number of fused-ring (bicyclic) bond motifs is 1. The molecule has 0 spiro atoms. The van der Waals surface area contributed by atoms with E-state index in [0.29, 0.717) is 0 Å². The zero-order valence-corrected chi connectivity index (χ0v) is 16.2. The number of nitrogens with one attached hydrogen (secondary N) is 2. The van der Waals surface area contributed by atoms with Crippen molar-refractivity contribution in [2.24, 2.45) is 14.1 Å². The summed E-state index contributed by atoms with van der Waals surface area (Å²) in [5.41, 5.74) is -1.51. The Labute approximate surface area is 159 Å². The van der Waals surface area contributed by atoms with E-state index in [1.54, 1.807) is 20.8 Å². The first-order valence-corrected chi connectivity index (χ1v) is 8.29. The average Bonchev–Trinajstić information content (AvgIpc) is 2.98. The van der Waals surface area contributed by atoms with Gasteiger partial charge in [0, 0.05) is 19.6 Å². The van der Waals surface area contributed by atoms with Crippen molar-refractivity contribution in [3.8, 4) is 0 Å². The van der Waals surface area contributed by atoms with E-state index in [1.165, 1.54) is 29.6 Å². The maximum Gasteiger partial charge on any atom is 0.332 e. The van der Waals surface area contributed by atoms with Crippen LogP contribution in [0.4, 0.5) is 4.79 Å². The van der Waals surface area contributed by atoms with Crippen LogP contribution < -0.4 is 21.9 Å². The predicted molar refractivity (Wildman–Crippen MR) is 97.6 cm³/mol. The molecule has 2 heterocycles. The molecule has 0 saturated heterocycles. The Hall–Kier alpha value is -3.44. The van der Waals surface area contributed by atoms with Crippen molar-refractivity contribution in [3.63, 3.8) is 0 Å². The fourth-order valence-electron chi connectivity index (χ4n) is 2.38. The number of ether oxygens (including phenoxy) is 1. The molecule has 0 aliphatic carbocycles. The lowest BCUT2D eigenvalue weighted by Gasteiger charge is -2.20. The van der Waals surface area contributed by atoms with Gasteiger partial charge in [0.25, 0.3) is 11.5 Å². The fourth-order valence-corrected chi connectivity index (χ4v) is 2.38. The fraction of sp³-hybridized carbons (Fsp3) is 0.500. The summed E-state index contributed by atoms with van der Waals surface area (Å²) in [6, 6.07) is -0.710. The summed E-state index contributed by atoms with van der Waals surface area (Å²) in [4.78, 5) is 63.4. The Kier molecular flexibility index (Phi) is 5.71. The van der Waals surface area contributed by atoms with Crippen molar-refractivity contribution in [3.05, 3.63) is 27.2 Å². The molecule has 0 aromatic carbocycles. The van der Waals surface area contributed by atoms with E-state index in [-0.39, 0.29) is 11.2 Å². The first-order chi connectivity index (χ1) is 12.9. The summed E-state index contributed by atoms with van der Waals surface area (Å²) in [5, 5.41) is 4.56. The molecule has 0 unspecified atom stereocenters. The zero-order valence-electron chi connectivity index (χ0n) is 16.2. The molecule has 2 aromatic heterocycles. The molecule has 12 heteroatoms. The quantitative estimate of drug-likeness (QED) is 0.606. The topological polar surface area (TPSA) is 146 Å². The summed E-state index contributed by atoms with van der Waals surface area (Å²) in [6.07, 6.45) is 1.23. The van der Waals surface area contributed by atoms with Crippen LogP contribution in [0.1, 0.15) is 20.8 Å². The largest absolute Gasteiger partial charge is 0.454 e. The van der Waals surface area contributed by atoms with Crippen LogP contribution in [0.25, 0.3) is 11.2 Å². The number of carbonyl (C=O) groups is 3. The number of imide groups is 1. The number of imidazole rings is 1. The average molecular weight is 394 g/mol. The van der Waals surface area contributed by atoms with Gasteiger partial charge in [-0.15, -0.1) is 0 Å². The lowest BCUT2D eigenvalue weighted by Crippen LogP contribution is -2.49. The van der Waals surface area contributed by atoms with Crippen LogP contribution in [0, 0.1) is 0 Å². The van der Waals surface area contributed by atoms with Gasteiger partial charge >= 0.3 is 17.7 Å². The molecule has 0 saturated carbocycles. The highest BCUT2D eigenvalue weighted by molar-refractivity contribution is 5.95. The summed E-state index contributed by atoms with van der Waals surface area (Å²) in [6.45, 7) is 4.16. The summed E-state index contributed by atoms with van der Waals surface area (Å²) < 4.78 is 8.13. The Morgan fingerprint density at radius 1 is 1.14 bits per heavy atom. The molecule has 152 valence electrons. The van der Waals surface area contributed by atoms with E-state index in [9.17, 15) is 24.0 Å². The van der Waals surface area contributed by atoms with E-state index in [1.807, 2.05) is 5.32 Å². The zero-order chi connectivity index (χ0) is 21.2. The lowest BCUT2D eigenvalue weighted by molar-refractivity contribution is -0.148. The molecular formula is C16H22N6O6. The SMILES string of the molecule is Cn1c(=O)c2c(ncn2CC(=O)OCC(=O)NC(=O)NC(C)(C)C)n(C)c1=O. The number of rotatable bonds is 4. The van der Waals surface area contributed by atoms with Gasteiger partial charge in [-0.05, 0) is 20.8 Å². The standard InChI is InChI=1S/C16H22N6O6/c1-16(2,3)19-14(26)18-9(23)7-28-10(24)6-22-8-17-12-11(22)13(25)21(5)15(27)20(12)4/h8H,6-7H2,1-5H3,(H2,18,19,23,26). The number of nitrogens with zero attached hydrogens (tertiary/aromatic N) is 4. The van der Waals surface area contributed by atoms with Crippen LogP contribution in [0.5, 0.6) is 0 Å². The maximum absolute atomic E-state index is 12.3. The first kappa shape index (κ1) is 20.9. The minimum Gasteiger partial charge on any atom is -0.454 e. The van der Waals surface area contributed by atoms with Crippen molar-refractivity contribution < 1.29 is 19.1 Å². The van der Waals surface area contributed by atoms with Crippen LogP contribution in [0.3, 0.4) is 0 Å². The second kappa shape index (κ2) is 7.66. The van der Waals surface area contributed by atoms with E-state index < -0.39 is 47.8 Å². The van der Waals surface area contributed by atoms with Crippen molar-refractivity contribution in [1.29, 1.82) is 0 Å². The molecule has 2 N–H and O–H groups in total. The van der Waals surface area contributed by atoms with Gasteiger partial charge in [-0.1, -0.05) is 0 Å². The molecule has 0 fully saturated rings. The monoisotopic (exact) mass is 394 g/mol. The molecular weight excluding hydrogens is 372 g/mol. The van der Waals surface area contributed by atoms with Crippen LogP contribution in [0.2, 0.25) is 0 Å². The molecule has 12 nitrogen and oxygen atoms in total. The minimum absolute atomic E-state index is 0.0514. The second-order valence-electron chi connectivity index (χ2n) is 7.16. The summed E-state index contributed by atoms with van der Waals surface area (Å²) in [5.74, 6) is -1.62. The number of hydrogen-bond donors (Lipinski definition) is 2. The Morgan fingerprint density at radius 3 is 2.39 bits per heavy atom. The van der Waals surface area contributed by atoms with E-state index in [4.69, 9.17) is 4.74 Å². The normalized spacial score (nSPS) is 11.3. The van der Waals surface area contributed by atoms with Gasteiger partial charge in [0.1, 0.15) is 6.54 Å². The number of aromatic nitrogens is 4. The van der Waals surface area contributed by atoms with Crippen LogP contribution in [0.15, 0.2) is 15.9 Å². The van der Waals surface area contributed by atoms with E-state index in [2.05, 4.69) is 10.3 Å². The third-order valence-corrected chi connectivity index (χ3v) is 3.62. The number of aryl methyl sites for hydroxylation is 1. The van der Waals surface area contributed by atoms with Crippen LogP contribution >= 0.6 is 0 Å². The third-order valence-electron chi connectivity index (χ3n) is 3.62. The Morgan fingerprint density at radius 2 is 1.79 bits per heavy atom. The van der Waals surface area contributed by atoms with Gasteiger partial charge in [-0.3, -0.25) is 28.8 Å². The Balaban J connectivity index is 2.03. The second-order valence-corrected chi connectivity index (χ2v) is 7.16. The van der Waals surface area contributed by atoms with Crippen molar-refractivity contribution in [2.75, 3.05) is 6.61 Å². The van der Waals surface area contributed by atoms with E-state index in [0.717, 1.165) is 4.57 Å². The van der Waals surface area contributed by atoms with Crippen LogP contribution in [-0.2, 0) is 35.0 Å². The van der Waals surface area contributed by atoms with Gasteiger partial charge in [-0.25, -0.2) is 14.6 Å². The molecule has 0 radical (unpaired) electrons. The molecule has 0 bridgehead atoms. The Bertz CT molecular complexity index is 1050. The van der Waals surface area contributed by atoms with Gasteiger partial charge in [0.05, 0.1) is 6.33 Å². The summed E-state index contributed by atoms with van der Waals surface area (Å²) in [7, 11) is 2.76. The van der Waals surface area contributed by atoms with Gasteiger partial charge in [0.15, 0.2) is 17.8 Å². The minimum atomic E-state index is -0.818. The van der Waals surface area contributed by atoms with Crippen LogP contribution in [-0.4, -0.2) is 48.7 Å². The van der Waals surface area contributed by atoms with Gasteiger partial charge < -0.3 is 14.6 Å². The molecule has 28 heavy (non-hydrogen) atoms. The van der Waals surface area contributed by atoms with Crippen molar-refractivity contribution >= 4 is 29.1 Å². The lowest BCUT2D eigenvalue weighted by atomic mass is 10.1. The smallest absolute Gasteiger partial charge is 0.332 e. The number of carbonyl (C=O) groups excluding carboxylic acids is 3. The first-order valence-electron chi connectivity index (χ1n) is 8.29. The number of esters is 1. The molecule has 0 atom stereocenters.